The number of hydrogen-bond donors (Lipinski definition) is 3. The van der Waals surface area contributed by atoms with E-state index in [0.717, 1.165) is 23.2 Å². The molecule has 0 radical (unpaired) electrons. The van der Waals surface area contributed by atoms with Crippen molar-refractivity contribution in [1.82, 2.24) is 0 Å². The molecule has 2 aliphatic rings. The van der Waals surface area contributed by atoms with Crippen molar-refractivity contribution in [3.63, 3.8) is 0 Å². The Morgan fingerprint density at radius 1 is 1.37 bits per heavy atom. The molecule has 5 N–H and O–H groups in total. The molecular weight excluding hydrogens is 242 g/mol. The smallest absolute Gasteiger partial charge is 0.224 e. The molecule has 1 unspecified atom stereocenters. The number of aryl methyl sites for hydroxylation is 1. The molecule has 0 aliphatic carbocycles. The zero-order chi connectivity index (χ0) is 13.5. The summed E-state index contributed by atoms with van der Waals surface area (Å²) in [6.07, 6.45) is 1.31. The molecule has 0 spiro atoms. The fraction of sp³-hybridized carbons (Fsp3) is 0.500. The highest BCUT2D eigenvalue weighted by atomic mass is 16.5. The zero-order valence-electron chi connectivity index (χ0n) is 10.8. The van der Waals surface area contributed by atoms with Crippen LogP contribution in [0.3, 0.4) is 0 Å². The number of rotatable bonds is 3. The summed E-state index contributed by atoms with van der Waals surface area (Å²) in [4.78, 5) is 11.3. The van der Waals surface area contributed by atoms with Gasteiger partial charge < -0.3 is 21.5 Å². The van der Waals surface area contributed by atoms with E-state index in [0.29, 0.717) is 26.2 Å². The molecule has 1 aromatic rings. The summed E-state index contributed by atoms with van der Waals surface area (Å²) in [5.74, 6) is 0.0790. The first kappa shape index (κ1) is 12.6. The normalized spacial score (nSPS) is 22.1. The third-order valence-corrected chi connectivity index (χ3v) is 4.23. The molecule has 1 aromatic carbocycles. The van der Waals surface area contributed by atoms with Crippen molar-refractivity contribution in [2.24, 2.45) is 16.9 Å². The first-order valence-corrected chi connectivity index (χ1v) is 6.61. The second-order valence-corrected chi connectivity index (χ2v) is 5.50. The number of nitrogens with two attached hydrogens (primary N) is 2. The van der Waals surface area contributed by atoms with E-state index in [1.54, 1.807) is 0 Å². The first-order chi connectivity index (χ1) is 9.14. The number of carbonyl (C=O) groups is 1. The highest BCUT2D eigenvalue weighted by Gasteiger charge is 2.43. The van der Waals surface area contributed by atoms with Gasteiger partial charge in [0.2, 0.25) is 5.91 Å². The summed E-state index contributed by atoms with van der Waals surface area (Å²) >= 11 is 0. The van der Waals surface area contributed by atoms with Crippen LogP contribution in [0.1, 0.15) is 23.6 Å². The van der Waals surface area contributed by atoms with Gasteiger partial charge in [-0.15, -0.1) is 0 Å². The second-order valence-electron chi connectivity index (χ2n) is 5.50. The standard InChI is InChI=1S/C14H19N3O2/c15-6-14(7-19-8-14)13(16)10-1-3-11-9(5-10)2-4-12(18)17-11/h1,3,5,13H,2,4,6-8,15-16H2,(H,17,18). The lowest BCUT2D eigenvalue weighted by Gasteiger charge is -2.45. The Labute approximate surface area is 112 Å². The van der Waals surface area contributed by atoms with Gasteiger partial charge in [-0.05, 0) is 23.6 Å². The monoisotopic (exact) mass is 261 g/mol. The maximum absolute atomic E-state index is 11.3. The van der Waals surface area contributed by atoms with Crippen LogP contribution in [-0.4, -0.2) is 25.7 Å². The number of fused-ring (bicyclic) bond motifs is 1. The third kappa shape index (κ3) is 2.04. The van der Waals surface area contributed by atoms with E-state index in [2.05, 4.69) is 11.4 Å². The molecule has 0 saturated carbocycles. The van der Waals surface area contributed by atoms with Gasteiger partial charge in [-0.3, -0.25) is 4.79 Å². The Morgan fingerprint density at radius 2 is 2.16 bits per heavy atom. The maximum atomic E-state index is 11.3. The Morgan fingerprint density at radius 3 is 2.79 bits per heavy atom. The van der Waals surface area contributed by atoms with Crippen LogP contribution in [-0.2, 0) is 16.0 Å². The van der Waals surface area contributed by atoms with Crippen LogP contribution < -0.4 is 16.8 Å². The lowest BCUT2D eigenvalue weighted by Crippen LogP contribution is -2.54. The molecule has 0 bridgehead atoms. The van der Waals surface area contributed by atoms with Crippen molar-refractivity contribution in [2.75, 3.05) is 25.1 Å². The van der Waals surface area contributed by atoms with Gasteiger partial charge in [0.15, 0.2) is 0 Å². The number of benzene rings is 1. The van der Waals surface area contributed by atoms with Crippen molar-refractivity contribution in [1.29, 1.82) is 0 Å². The fourth-order valence-electron chi connectivity index (χ4n) is 2.74. The Bertz CT molecular complexity index is 506. The van der Waals surface area contributed by atoms with Crippen LogP contribution in [0.4, 0.5) is 5.69 Å². The largest absolute Gasteiger partial charge is 0.380 e. The quantitative estimate of drug-likeness (QED) is 0.741. The van der Waals surface area contributed by atoms with Gasteiger partial charge in [0.1, 0.15) is 0 Å². The highest BCUT2D eigenvalue weighted by molar-refractivity contribution is 5.93. The van der Waals surface area contributed by atoms with Gasteiger partial charge >= 0.3 is 0 Å². The van der Waals surface area contributed by atoms with Crippen LogP contribution in [0, 0.1) is 5.41 Å². The summed E-state index contributed by atoms with van der Waals surface area (Å²) < 4.78 is 5.28. The van der Waals surface area contributed by atoms with Gasteiger partial charge in [0.25, 0.3) is 0 Å². The number of anilines is 1. The molecule has 2 aliphatic heterocycles. The summed E-state index contributed by atoms with van der Waals surface area (Å²) in [6.45, 7) is 1.78. The number of carbonyl (C=O) groups excluding carboxylic acids is 1. The van der Waals surface area contributed by atoms with Gasteiger partial charge in [0, 0.05) is 30.1 Å². The van der Waals surface area contributed by atoms with Crippen molar-refractivity contribution < 1.29 is 9.53 Å². The van der Waals surface area contributed by atoms with E-state index < -0.39 is 0 Å². The van der Waals surface area contributed by atoms with E-state index in [4.69, 9.17) is 16.2 Å². The van der Waals surface area contributed by atoms with Crippen LogP contribution in [0.2, 0.25) is 0 Å². The van der Waals surface area contributed by atoms with Crippen LogP contribution in [0.5, 0.6) is 0 Å². The molecule has 102 valence electrons. The molecule has 0 aromatic heterocycles. The third-order valence-electron chi connectivity index (χ3n) is 4.23. The average molecular weight is 261 g/mol. The summed E-state index contributed by atoms with van der Waals surface area (Å²) in [6, 6.07) is 5.89. The van der Waals surface area contributed by atoms with Crippen LogP contribution in [0.15, 0.2) is 18.2 Å². The molecular formula is C14H19N3O2. The van der Waals surface area contributed by atoms with Gasteiger partial charge in [-0.2, -0.15) is 0 Å². The Kier molecular flexibility index (Phi) is 3.05. The molecule has 1 saturated heterocycles. The molecule has 2 heterocycles. The summed E-state index contributed by atoms with van der Waals surface area (Å²) in [5.41, 5.74) is 15.2. The van der Waals surface area contributed by atoms with Crippen molar-refractivity contribution in [3.05, 3.63) is 29.3 Å². The Hall–Kier alpha value is -1.43. The van der Waals surface area contributed by atoms with Gasteiger partial charge in [-0.1, -0.05) is 12.1 Å². The van der Waals surface area contributed by atoms with E-state index in [1.807, 2.05) is 12.1 Å². The summed E-state index contributed by atoms with van der Waals surface area (Å²) in [5, 5.41) is 2.88. The molecule has 1 amide bonds. The minimum absolute atomic E-state index is 0.0790. The number of ether oxygens (including phenoxy) is 1. The van der Waals surface area contributed by atoms with Gasteiger partial charge in [-0.25, -0.2) is 0 Å². The van der Waals surface area contributed by atoms with Gasteiger partial charge in [0.05, 0.1) is 13.2 Å². The lowest BCUT2D eigenvalue weighted by molar-refractivity contribution is -0.121. The number of amides is 1. The number of hydrogen-bond acceptors (Lipinski definition) is 4. The van der Waals surface area contributed by atoms with Crippen molar-refractivity contribution >= 4 is 11.6 Å². The van der Waals surface area contributed by atoms with Crippen molar-refractivity contribution in [3.8, 4) is 0 Å². The zero-order valence-corrected chi connectivity index (χ0v) is 10.8. The van der Waals surface area contributed by atoms with E-state index in [-0.39, 0.29) is 17.4 Å². The molecule has 3 rings (SSSR count). The Balaban J connectivity index is 1.88. The van der Waals surface area contributed by atoms with Crippen molar-refractivity contribution in [2.45, 2.75) is 18.9 Å². The van der Waals surface area contributed by atoms with Crippen LogP contribution in [0.25, 0.3) is 0 Å². The minimum atomic E-state index is -0.133. The van der Waals surface area contributed by atoms with E-state index >= 15 is 0 Å². The molecule has 1 atom stereocenters. The van der Waals surface area contributed by atoms with E-state index in [1.165, 1.54) is 0 Å². The second kappa shape index (κ2) is 4.59. The topological polar surface area (TPSA) is 90.4 Å². The summed E-state index contributed by atoms with van der Waals surface area (Å²) in [7, 11) is 0. The SMILES string of the molecule is NCC1(C(N)c2ccc3c(c2)CCC(=O)N3)COC1. The molecule has 1 fully saturated rings. The molecule has 5 nitrogen and oxygen atoms in total. The predicted octanol–water partition coefficient (Wildman–Crippen LogP) is 0.546. The predicted molar refractivity (Wildman–Crippen MR) is 72.6 cm³/mol. The fourth-order valence-corrected chi connectivity index (χ4v) is 2.74. The lowest BCUT2D eigenvalue weighted by atomic mass is 9.75. The maximum Gasteiger partial charge on any atom is 0.224 e. The molecule has 5 heteroatoms. The molecule has 19 heavy (non-hydrogen) atoms. The average Bonchev–Trinajstić information content (AvgIpc) is 2.37. The number of nitrogens with one attached hydrogen (secondary N) is 1. The minimum Gasteiger partial charge on any atom is -0.380 e. The highest BCUT2D eigenvalue weighted by Crippen LogP contribution is 2.39. The van der Waals surface area contributed by atoms with Crippen LogP contribution >= 0.6 is 0 Å². The first-order valence-electron chi connectivity index (χ1n) is 6.61. The van der Waals surface area contributed by atoms with E-state index in [9.17, 15) is 4.79 Å².